The van der Waals surface area contributed by atoms with Crippen molar-refractivity contribution in [2.45, 2.75) is 0 Å². The summed E-state index contributed by atoms with van der Waals surface area (Å²) >= 11 is 0. The third-order valence-corrected chi connectivity index (χ3v) is 15.3. The van der Waals surface area contributed by atoms with Gasteiger partial charge in [0.05, 0.1) is 0 Å². The number of benzene rings is 12. The third kappa shape index (κ3) is 7.85. The van der Waals surface area contributed by atoms with Gasteiger partial charge in [-0.1, -0.05) is 249 Å². The molecule has 75 heavy (non-hydrogen) atoms. The first-order valence-electron chi connectivity index (χ1n) is 25.9. The summed E-state index contributed by atoms with van der Waals surface area (Å²) in [6.07, 6.45) is 0. The van der Waals surface area contributed by atoms with Gasteiger partial charge in [-0.15, -0.1) is 0 Å². The van der Waals surface area contributed by atoms with E-state index in [0.29, 0.717) is 0 Å². The minimum atomic E-state index is -0.112. The summed E-state index contributed by atoms with van der Waals surface area (Å²) in [5.74, 6) is 0. The predicted molar refractivity (Wildman–Crippen MR) is 319 cm³/mol. The van der Waals surface area contributed by atoms with Crippen LogP contribution in [0.25, 0.3) is 77.9 Å². The lowest BCUT2D eigenvalue weighted by Gasteiger charge is -2.45. The SMILES string of the molecule is c1ccc(-c2ccc(N3c4ccc(-c5ccccc5)cc4B4c5cc(-c6ccccc6)ccc5N(c5ccc(-c6ccccc6)cc5)c5cc(-c6c(-c7ccccc7)cccc6-c6ccccc6)cc3c54)cc2)cc1. The molecule has 0 atom stereocenters. The van der Waals surface area contributed by atoms with Crippen molar-refractivity contribution in [2.75, 3.05) is 9.80 Å². The lowest BCUT2D eigenvalue weighted by atomic mass is 9.33. The fraction of sp³-hybridized carbons (Fsp3) is 0. The topological polar surface area (TPSA) is 6.48 Å². The molecular formula is C72H49BN2. The van der Waals surface area contributed by atoms with E-state index in [4.69, 9.17) is 0 Å². The van der Waals surface area contributed by atoms with Gasteiger partial charge < -0.3 is 9.80 Å². The van der Waals surface area contributed by atoms with Gasteiger partial charge in [0.15, 0.2) is 0 Å². The van der Waals surface area contributed by atoms with Crippen LogP contribution in [-0.2, 0) is 0 Å². The summed E-state index contributed by atoms with van der Waals surface area (Å²) in [6, 6.07) is 109. The summed E-state index contributed by atoms with van der Waals surface area (Å²) < 4.78 is 0. The molecule has 2 heterocycles. The van der Waals surface area contributed by atoms with E-state index in [1.54, 1.807) is 0 Å². The molecule has 0 aliphatic carbocycles. The first kappa shape index (κ1) is 44.0. The normalized spacial score (nSPS) is 12.2. The molecule has 0 bridgehead atoms. The molecule has 3 heteroatoms. The summed E-state index contributed by atoms with van der Waals surface area (Å²) in [7, 11) is 0. The first-order chi connectivity index (χ1) is 37.2. The summed E-state index contributed by atoms with van der Waals surface area (Å²) in [5.41, 5.74) is 27.2. The molecule has 2 nitrogen and oxygen atoms in total. The molecule has 2 aliphatic rings. The molecule has 2 aliphatic heterocycles. The van der Waals surface area contributed by atoms with Gasteiger partial charge in [-0.05, 0) is 143 Å². The molecule has 0 unspecified atom stereocenters. The Hall–Kier alpha value is -9.70. The Bertz CT molecular complexity index is 3760. The molecule has 12 aromatic rings. The molecule has 0 radical (unpaired) electrons. The minimum Gasteiger partial charge on any atom is -0.311 e. The zero-order valence-electron chi connectivity index (χ0n) is 41.3. The van der Waals surface area contributed by atoms with Gasteiger partial charge in [-0.25, -0.2) is 0 Å². The summed E-state index contributed by atoms with van der Waals surface area (Å²) in [5, 5.41) is 0. The maximum atomic E-state index is 2.55. The summed E-state index contributed by atoms with van der Waals surface area (Å²) in [6.45, 7) is -0.112. The lowest BCUT2D eigenvalue weighted by molar-refractivity contribution is 1.25. The molecule has 350 valence electrons. The fourth-order valence-corrected chi connectivity index (χ4v) is 11.8. The van der Waals surface area contributed by atoms with Gasteiger partial charge in [0.1, 0.15) is 0 Å². The quantitative estimate of drug-likeness (QED) is 0.133. The summed E-state index contributed by atoms with van der Waals surface area (Å²) in [4.78, 5) is 5.10. The van der Waals surface area contributed by atoms with Gasteiger partial charge in [-0.3, -0.25) is 0 Å². The van der Waals surface area contributed by atoms with Gasteiger partial charge in [0.2, 0.25) is 0 Å². The second-order valence-corrected chi connectivity index (χ2v) is 19.6. The van der Waals surface area contributed by atoms with E-state index < -0.39 is 0 Å². The second-order valence-electron chi connectivity index (χ2n) is 19.6. The molecule has 12 aromatic carbocycles. The highest BCUT2D eigenvalue weighted by molar-refractivity contribution is 7.00. The van der Waals surface area contributed by atoms with Crippen molar-refractivity contribution in [3.8, 4) is 77.9 Å². The number of anilines is 6. The maximum absolute atomic E-state index is 2.55. The number of rotatable bonds is 9. The van der Waals surface area contributed by atoms with Crippen LogP contribution in [0.3, 0.4) is 0 Å². The zero-order valence-corrected chi connectivity index (χ0v) is 41.3. The Morgan fingerprint density at radius 2 is 0.520 bits per heavy atom. The average Bonchev–Trinajstić information content (AvgIpc) is 3.50. The zero-order chi connectivity index (χ0) is 49.7. The van der Waals surface area contributed by atoms with Gasteiger partial charge >= 0.3 is 0 Å². The molecule has 0 fully saturated rings. The Labute approximate surface area is 439 Å². The predicted octanol–water partition coefficient (Wildman–Crippen LogP) is 17.4. The Morgan fingerprint density at radius 1 is 0.213 bits per heavy atom. The van der Waals surface area contributed by atoms with Crippen LogP contribution in [-0.4, -0.2) is 6.71 Å². The van der Waals surface area contributed by atoms with Crippen molar-refractivity contribution in [1.29, 1.82) is 0 Å². The van der Waals surface area contributed by atoms with Crippen LogP contribution in [0.2, 0.25) is 0 Å². The van der Waals surface area contributed by atoms with Crippen molar-refractivity contribution in [2.24, 2.45) is 0 Å². The minimum absolute atomic E-state index is 0.112. The van der Waals surface area contributed by atoms with Crippen molar-refractivity contribution in [3.05, 3.63) is 297 Å². The smallest absolute Gasteiger partial charge is 0.252 e. The highest BCUT2D eigenvalue weighted by Gasteiger charge is 2.44. The molecule has 0 saturated heterocycles. The molecule has 0 spiro atoms. The van der Waals surface area contributed by atoms with Gasteiger partial charge in [-0.2, -0.15) is 0 Å². The maximum Gasteiger partial charge on any atom is 0.252 e. The highest BCUT2D eigenvalue weighted by Crippen LogP contribution is 2.50. The Morgan fingerprint density at radius 3 is 0.880 bits per heavy atom. The lowest BCUT2D eigenvalue weighted by Crippen LogP contribution is -2.61. The molecule has 0 amide bonds. The van der Waals surface area contributed by atoms with Crippen LogP contribution in [0, 0.1) is 0 Å². The number of hydrogen-bond acceptors (Lipinski definition) is 2. The molecule has 0 N–H and O–H groups in total. The van der Waals surface area contributed by atoms with E-state index in [1.807, 2.05) is 0 Å². The first-order valence-corrected chi connectivity index (χ1v) is 25.9. The second kappa shape index (κ2) is 18.7. The average molecular weight is 953 g/mol. The molecule has 0 aromatic heterocycles. The van der Waals surface area contributed by atoms with E-state index in [2.05, 4.69) is 307 Å². The third-order valence-electron chi connectivity index (χ3n) is 15.3. The van der Waals surface area contributed by atoms with Crippen LogP contribution in [0.4, 0.5) is 34.1 Å². The Kier molecular flexibility index (Phi) is 11.0. The van der Waals surface area contributed by atoms with Gasteiger partial charge in [0.25, 0.3) is 6.71 Å². The van der Waals surface area contributed by atoms with Crippen LogP contribution in [0.5, 0.6) is 0 Å². The number of nitrogens with zero attached hydrogens (tertiary/aromatic N) is 2. The van der Waals surface area contributed by atoms with Crippen LogP contribution < -0.4 is 26.2 Å². The fourth-order valence-electron chi connectivity index (χ4n) is 11.8. The van der Waals surface area contributed by atoms with Crippen LogP contribution in [0.15, 0.2) is 297 Å². The molecule has 14 rings (SSSR count). The highest BCUT2D eigenvalue weighted by atomic mass is 15.2. The Balaban J connectivity index is 1.10. The van der Waals surface area contributed by atoms with E-state index in [1.165, 1.54) is 100 Å². The van der Waals surface area contributed by atoms with Gasteiger partial charge in [0, 0.05) is 34.1 Å². The van der Waals surface area contributed by atoms with Crippen molar-refractivity contribution < 1.29 is 0 Å². The van der Waals surface area contributed by atoms with Crippen molar-refractivity contribution in [3.63, 3.8) is 0 Å². The standard InChI is InChI=1S/C72H49BN2/c1-7-20-50(21-8-1)54-34-40-61(41-35-54)74-67-44-38-58(52-24-11-3-12-25-52)46-65(67)73-66-47-59(53-26-13-4-14-27-53)39-45-68(66)75(62-42-36-55(37-43-62)51-22-9-2-10-23-51)70-49-60(48-69(74)72(70)73)71-63(56-28-15-5-16-29-56)32-19-33-64(71)57-30-17-6-18-31-57/h1-49H. The number of fused-ring (bicyclic) bond motifs is 4. The van der Waals surface area contributed by atoms with E-state index in [0.717, 1.165) is 28.3 Å². The molecule has 0 saturated carbocycles. The van der Waals surface area contributed by atoms with Crippen LogP contribution in [0.1, 0.15) is 0 Å². The number of hydrogen-bond donors (Lipinski definition) is 0. The van der Waals surface area contributed by atoms with E-state index in [9.17, 15) is 0 Å². The van der Waals surface area contributed by atoms with Crippen LogP contribution >= 0.6 is 0 Å². The van der Waals surface area contributed by atoms with E-state index in [-0.39, 0.29) is 6.71 Å². The molecular weight excluding hydrogens is 904 g/mol. The van der Waals surface area contributed by atoms with E-state index >= 15 is 0 Å². The van der Waals surface area contributed by atoms with Crippen molar-refractivity contribution in [1.82, 2.24) is 0 Å². The monoisotopic (exact) mass is 952 g/mol. The van der Waals surface area contributed by atoms with Crippen molar-refractivity contribution >= 4 is 57.2 Å². The largest absolute Gasteiger partial charge is 0.311 e.